The molecule has 2 unspecified atom stereocenters. The van der Waals surface area contributed by atoms with Gasteiger partial charge in [-0.2, -0.15) is 0 Å². The van der Waals surface area contributed by atoms with E-state index < -0.39 is 25.9 Å². The van der Waals surface area contributed by atoms with E-state index in [4.69, 9.17) is 13.8 Å². The quantitative estimate of drug-likeness (QED) is 0.200. The van der Waals surface area contributed by atoms with E-state index >= 15 is 0 Å². The zero-order valence-corrected chi connectivity index (χ0v) is 22.1. The van der Waals surface area contributed by atoms with Crippen LogP contribution in [0, 0.1) is 0 Å². The zero-order valence-electron chi connectivity index (χ0n) is 21.2. The fourth-order valence-corrected chi connectivity index (χ4v) is 5.41. The number of rotatable bonds is 10. The monoisotopic (exact) mass is 559 g/mol. The molecular formula is C30H26NO8P. The molecule has 0 radical (unpaired) electrons. The minimum atomic E-state index is -4.43. The Balaban J connectivity index is 1.20. The summed E-state index contributed by atoms with van der Waals surface area (Å²) in [6, 6.07) is 28.6. The molecule has 5 rings (SSSR count). The number of alkyl carbamates (subject to hydrolysis) is 1. The van der Waals surface area contributed by atoms with Crippen molar-refractivity contribution < 1.29 is 37.9 Å². The number of benzene rings is 4. The standard InChI is InChI=1S/C30H26NO8P/c32-29(33)28(21-14-16-22(17-15-21)39-40(35,36)38-18-20-8-2-1-3-9-20)31-30(34)37-19-27-25-12-6-4-10-23(25)24-11-5-7-13-26(24)27/h1-17,27-28H,18-19H2,(H,31,34)(H,32,33)(H,35,36). The number of carboxylic acid groups (broad SMARTS) is 1. The summed E-state index contributed by atoms with van der Waals surface area (Å²) in [6.45, 7) is -0.0917. The SMILES string of the molecule is O=C(NC(C(=O)O)c1ccc(OP(=O)(O)OCc2ccccc2)cc1)OCC1c2ccccc2-c2ccccc21. The average molecular weight is 560 g/mol. The normalized spacial score (nSPS) is 14.3. The fourth-order valence-electron chi connectivity index (χ4n) is 4.66. The minimum absolute atomic E-state index is 0.00655. The molecule has 0 aliphatic heterocycles. The molecule has 0 spiro atoms. The van der Waals surface area contributed by atoms with Crippen LogP contribution in [0.2, 0.25) is 0 Å². The van der Waals surface area contributed by atoms with E-state index in [1.54, 1.807) is 24.3 Å². The fraction of sp³-hybridized carbons (Fsp3) is 0.133. The van der Waals surface area contributed by atoms with Gasteiger partial charge in [0.2, 0.25) is 0 Å². The number of ether oxygens (including phenoxy) is 1. The van der Waals surface area contributed by atoms with Crippen LogP contribution in [0.3, 0.4) is 0 Å². The lowest BCUT2D eigenvalue weighted by Crippen LogP contribution is -2.34. The Hall–Kier alpha value is -4.43. The number of hydrogen-bond acceptors (Lipinski definition) is 6. The van der Waals surface area contributed by atoms with Gasteiger partial charge in [0.1, 0.15) is 12.4 Å². The number of carbonyl (C=O) groups is 2. The lowest BCUT2D eigenvalue weighted by atomic mass is 9.98. The largest absolute Gasteiger partial charge is 0.527 e. The first-order valence-electron chi connectivity index (χ1n) is 12.5. The molecule has 0 saturated heterocycles. The van der Waals surface area contributed by atoms with Gasteiger partial charge in [0, 0.05) is 5.92 Å². The van der Waals surface area contributed by atoms with Crippen LogP contribution in [0.5, 0.6) is 5.75 Å². The van der Waals surface area contributed by atoms with Crippen molar-refractivity contribution in [2.24, 2.45) is 0 Å². The molecule has 1 aliphatic rings. The summed E-state index contributed by atoms with van der Waals surface area (Å²) < 4.78 is 27.9. The van der Waals surface area contributed by atoms with Crippen LogP contribution in [0.4, 0.5) is 4.79 Å². The van der Waals surface area contributed by atoms with Crippen LogP contribution in [0.1, 0.15) is 34.2 Å². The lowest BCUT2D eigenvalue weighted by Gasteiger charge is -2.18. The molecule has 0 bridgehead atoms. The Labute approximate surface area is 230 Å². The van der Waals surface area contributed by atoms with Crippen molar-refractivity contribution in [3.63, 3.8) is 0 Å². The number of phosphoric acid groups is 1. The Bertz CT molecular complexity index is 1510. The molecule has 4 aromatic rings. The van der Waals surface area contributed by atoms with E-state index in [1.165, 1.54) is 24.3 Å². The van der Waals surface area contributed by atoms with Gasteiger partial charge >= 0.3 is 19.9 Å². The van der Waals surface area contributed by atoms with Crippen molar-refractivity contribution >= 4 is 19.9 Å². The Morgan fingerprint density at radius 1 is 0.825 bits per heavy atom. The van der Waals surface area contributed by atoms with Gasteiger partial charge in [-0.15, -0.1) is 0 Å². The highest BCUT2D eigenvalue weighted by molar-refractivity contribution is 7.47. The highest BCUT2D eigenvalue weighted by Crippen LogP contribution is 2.45. The Kier molecular flexibility index (Phi) is 7.98. The van der Waals surface area contributed by atoms with Crippen molar-refractivity contribution in [1.82, 2.24) is 5.32 Å². The van der Waals surface area contributed by atoms with E-state index in [-0.39, 0.29) is 30.4 Å². The maximum atomic E-state index is 12.6. The van der Waals surface area contributed by atoms with Gasteiger partial charge in [0.25, 0.3) is 0 Å². The number of carbonyl (C=O) groups excluding carboxylic acids is 1. The third-order valence-corrected chi connectivity index (χ3v) is 7.42. The van der Waals surface area contributed by atoms with Crippen LogP contribution in [0.25, 0.3) is 11.1 Å². The molecule has 10 heteroatoms. The van der Waals surface area contributed by atoms with E-state index in [9.17, 15) is 24.2 Å². The van der Waals surface area contributed by atoms with E-state index in [1.807, 2.05) is 54.6 Å². The second-order valence-corrected chi connectivity index (χ2v) is 10.5. The number of nitrogens with one attached hydrogen (secondary N) is 1. The van der Waals surface area contributed by atoms with Crippen LogP contribution in [-0.4, -0.2) is 28.7 Å². The number of carboxylic acids is 1. The molecule has 2 atom stereocenters. The third kappa shape index (κ3) is 6.24. The Morgan fingerprint density at radius 3 is 2.00 bits per heavy atom. The van der Waals surface area contributed by atoms with E-state index in [0.29, 0.717) is 5.56 Å². The zero-order chi connectivity index (χ0) is 28.1. The van der Waals surface area contributed by atoms with Crippen molar-refractivity contribution in [3.05, 3.63) is 125 Å². The predicted octanol–water partition coefficient (Wildman–Crippen LogP) is 6.05. The Morgan fingerprint density at radius 2 is 1.40 bits per heavy atom. The number of phosphoric ester groups is 1. The lowest BCUT2D eigenvalue weighted by molar-refractivity contribution is -0.139. The topological polar surface area (TPSA) is 131 Å². The molecule has 0 saturated carbocycles. The molecule has 204 valence electrons. The van der Waals surface area contributed by atoms with Gasteiger partial charge in [0.05, 0.1) is 6.61 Å². The molecule has 4 aromatic carbocycles. The molecule has 40 heavy (non-hydrogen) atoms. The molecule has 3 N–H and O–H groups in total. The number of amides is 1. The van der Waals surface area contributed by atoms with Crippen LogP contribution >= 0.6 is 7.82 Å². The second-order valence-electron chi connectivity index (χ2n) is 9.13. The summed E-state index contributed by atoms with van der Waals surface area (Å²) in [5.74, 6) is -1.48. The average Bonchev–Trinajstić information content (AvgIpc) is 3.28. The second kappa shape index (κ2) is 11.8. The third-order valence-electron chi connectivity index (χ3n) is 6.52. The summed E-state index contributed by atoms with van der Waals surface area (Å²) in [6.07, 6.45) is -0.885. The maximum Gasteiger partial charge on any atom is 0.527 e. The molecule has 0 heterocycles. The first kappa shape index (κ1) is 27.1. The highest BCUT2D eigenvalue weighted by atomic mass is 31.2. The number of hydrogen-bond donors (Lipinski definition) is 3. The predicted molar refractivity (Wildman–Crippen MR) is 147 cm³/mol. The van der Waals surface area contributed by atoms with Crippen LogP contribution < -0.4 is 9.84 Å². The van der Waals surface area contributed by atoms with Crippen LogP contribution in [0.15, 0.2) is 103 Å². The van der Waals surface area contributed by atoms with Crippen molar-refractivity contribution in [3.8, 4) is 16.9 Å². The van der Waals surface area contributed by atoms with Crippen molar-refractivity contribution in [2.45, 2.75) is 18.6 Å². The van der Waals surface area contributed by atoms with E-state index in [2.05, 4.69) is 5.32 Å². The number of fused-ring (bicyclic) bond motifs is 3. The molecule has 1 aliphatic carbocycles. The summed E-state index contributed by atoms with van der Waals surface area (Å²) in [7, 11) is -4.43. The van der Waals surface area contributed by atoms with E-state index in [0.717, 1.165) is 22.3 Å². The summed E-state index contributed by atoms with van der Waals surface area (Å²) in [4.78, 5) is 34.6. The molecule has 0 aromatic heterocycles. The van der Waals surface area contributed by atoms with Gasteiger partial charge < -0.3 is 19.7 Å². The van der Waals surface area contributed by atoms with Crippen molar-refractivity contribution in [1.29, 1.82) is 0 Å². The molecule has 0 fully saturated rings. The van der Waals surface area contributed by atoms with Gasteiger partial charge in [-0.1, -0.05) is 91.0 Å². The van der Waals surface area contributed by atoms with Gasteiger partial charge in [-0.25, -0.2) is 14.2 Å². The number of aliphatic carboxylic acids is 1. The maximum absolute atomic E-state index is 12.6. The van der Waals surface area contributed by atoms with Gasteiger partial charge in [-0.05, 0) is 45.5 Å². The first-order valence-corrected chi connectivity index (χ1v) is 14.0. The first-order chi connectivity index (χ1) is 19.3. The van der Waals surface area contributed by atoms with Gasteiger partial charge in [-0.3, -0.25) is 9.42 Å². The summed E-state index contributed by atoms with van der Waals surface area (Å²) >= 11 is 0. The van der Waals surface area contributed by atoms with Crippen LogP contribution in [-0.2, 0) is 25.2 Å². The summed E-state index contributed by atoms with van der Waals surface area (Å²) in [5.41, 5.74) is 5.14. The van der Waals surface area contributed by atoms with Crippen molar-refractivity contribution in [2.75, 3.05) is 6.61 Å². The minimum Gasteiger partial charge on any atom is -0.479 e. The molecular weight excluding hydrogens is 533 g/mol. The summed E-state index contributed by atoms with van der Waals surface area (Å²) in [5, 5.41) is 12.1. The molecule has 1 amide bonds. The highest BCUT2D eigenvalue weighted by Gasteiger charge is 2.30. The smallest absolute Gasteiger partial charge is 0.479 e. The van der Waals surface area contributed by atoms with Gasteiger partial charge in [0.15, 0.2) is 6.04 Å². The molecule has 9 nitrogen and oxygen atoms in total.